The number of aliphatic hydroxyl groups is 2. The average molecular weight is 337 g/mol. The Morgan fingerprint density at radius 2 is 2.09 bits per heavy atom. The predicted octanol–water partition coefficient (Wildman–Crippen LogP) is -2.14. The zero-order chi connectivity index (χ0) is 16.7. The number of hydrogen-bond donors (Lipinski definition) is 5. The Balaban J connectivity index is 2.22. The molecule has 1 fully saturated rings. The summed E-state index contributed by atoms with van der Waals surface area (Å²) in [4.78, 5) is 32.6. The second kappa shape index (κ2) is 6.05. The molecular formula is C10H16N3O8P. The molecule has 0 unspecified atom stereocenters. The topological polar surface area (TPSA) is 177 Å². The van der Waals surface area contributed by atoms with Gasteiger partial charge in [0.05, 0.1) is 6.61 Å². The Morgan fingerprint density at radius 3 is 2.68 bits per heavy atom. The Bertz CT molecular complexity index is 658. The smallest absolute Gasteiger partial charge is 0.387 e. The number of aryl methyl sites for hydroxylation is 1. The van der Waals surface area contributed by atoms with Crippen LogP contribution in [-0.2, 0) is 13.8 Å². The maximum absolute atomic E-state index is 11.8. The van der Waals surface area contributed by atoms with Crippen molar-refractivity contribution in [2.24, 2.45) is 0 Å². The Labute approximate surface area is 124 Å². The van der Waals surface area contributed by atoms with Crippen LogP contribution in [0.15, 0.2) is 11.0 Å². The van der Waals surface area contributed by atoms with Crippen molar-refractivity contribution in [2.75, 3.05) is 12.3 Å². The predicted molar refractivity (Wildman–Crippen MR) is 71.6 cm³/mol. The van der Waals surface area contributed by atoms with E-state index < -0.39 is 44.7 Å². The molecule has 0 bridgehead atoms. The van der Waals surface area contributed by atoms with Crippen LogP contribution in [-0.4, -0.2) is 54.5 Å². The van der Waals surface area contributed by atoms with Gasteiger partial charge >= 0.3 is 13.5 Å². The number of ether oxygens (including phenoxy) is 1. The van der Waals surface area contributed by atoms with Gasteiger partial charge < -0.3 is 30.5 Å². The second-order valence-corrected chi connectivity index (χ2v) is 6.07. The van der Waals surface area contributed by atoms with Gasteiger partial charge in [0.25, 0.3) is 0 Å². The zero-order valence-corrected chi connectivity index (χ0v) is 12.3. The first-order chi connectivity index (χ1) is 10.1. The fourth-order valence-corrected chi connectivity index (χ4v) is 2.37. The molecule has 6 N–H and O–H groups in total. The number of anilines is 1. The van der Waals surface area contributed by atoms with Crippen LogP contribution in [0, 0.1) is 6.92 Å². The monoisotopic (exact) mass is 337 g/mol. The zero-order valence-electron chi connectivity index (χ0n) is 11.4. The molecule has 1 aromatic rings. The van der Waals surface area contributed by atoms with Gasteiger partial charge in [0.1, 0.15) is 24.1 Å². The number of aromatic nitrogens is 2. The molecule has 0 radical (unpaired) electrons. The number of aliphatic hydroxyl groups excluding tert-OH is 2. The molecule has 4 atom stereocenters. The Hall–Kier alpha value is -1.33. The molecule has 1 aliphatic rings. The van der Waals surface area contributed by atoms with E-state index in [0.29, 0.717) is 5.56 Å². The summed E-state index contributed by atoms with van der Waals surface area (Å²) in [5.41, 5.74) is 5.15. The summed E-state index contributed by atoms with van der Waals surface area (Å²) in [5.74, 6) is 0.0238. The van der Waals surface area contributed by atoms with Crippen molar-refractivity contribution in [3.8, 4) is 0 Å². The molecule has 11 nitrogen and oxygen atoms in total. The molecule has 0 aromatic carbocycles. The fourth-order valence-electron chi connectivity index (χ4n) is 2.03. The molecule has 2 heterocycles. The van der Waals surface area contributed by atoms with Crippen LogP contribution in [0.2, 0.25) is 0 Å². The minimum Gasteiger partial charge on any atom is -0.387 e. The van der Waals surface area contributed by atoms with E-state index >= 15 is 0 Å². The Kier molecular flexibility index (Phi) is 4.68. The van der Waals surface area contributed by atoms with Crippen LogP contribution in [0.4, 0.5) is 5.82 Å². The van der Waals surface area contributed by atoms with Gasteiger partial charge in [0.2, 0.25) is 0 Å². The third-order valence-electron chi connectivity index (χ3n) is 3.19. The summed E-state index contributed by atoms with van der Waals surface area (Å²) >= 11 is 0. The van der Waals surface area contributed by atoms with E-state index in [4.69, 9.17) is 20.3 Å². The minimum absolute atomic E-state index is 0.0238. The molecule has 2 rings (SSSR count). The molecule has 124 valence electrons. The highest BCUT2D eigenvalue weighted by molar-refractivity contribution is 7.46. The lowest BCUT2D eigenvalue weighted by Gasteiger charge is -2.18. The lowest BCUT2D eigenvalue weighted by atomic mass is 10.1. The van der Waals surface area contributed by atoms with Crippen molar-refractivity contribution in [3.63, 3.8) is 0 Å². The maximum Gasteiger partial charge on any atom is 0.469 e. The number of nitrogens with zero attached hydrogens (tertiary/aromatic N) is 2. The van der Waals surface area contributed by atoms with E-state index in [1.165, 1.54) is 6.20 Å². The highest BCUT2D eigenvalue weighted by Gasteiger charge is 2.45. The molecular weight excluding hydrogens is 321 g/mol. The summed E-state index contributed by atoms with van der Waals surface area (Å²) < 4.78 is 21.1. The van der Waals surface area contributed by atoms with Gasteiger partial charge in [-0.05, 0) is 6.92 Å². The van der Waals surface area contributed by atoms with E-state index in [0.717, 1.165) is 4.57 Å². The van der Waals surface area contributed by atoms with Crippen molar-refractivity contribution >= 4 is 13.6 Å². The largest absolute Gasteiger partial charge is 0.469 e. The van der Waals surface area contributed by atoms with Gasteiger partial charge in [-0.1, -0.05) is 0 Å². The number of nitrogen functional groups attached to an aromatic ring is 1. The number of phosphoric acid groups is 1. The van der Waals surface area contributed by atoms with Crippen molar-refractivity contribution in [3.05, 3.63) is 22.2 Å². The standard InChI is InChI=1S/C10H16N3O8P/c1-4-2-13(10(16)12-8(4)11)9-7(15)6(14)5(21-9)3-20-22(17,18)19/h2,5-7,9,14-15H,3H2,1H3,(H2,11,12,16)(H2,17,18,19)/t5-,6+,7-,9-/m1/s1. The van der Waals surface area contributed by atoms with Crippen LogP contribution >= 0.6 is 7.82 Å². The molecule has 0 aliphatic carbocycles. The van der Waals surface area contributed by atoms with Crippen molar-refractivity contribution < 1.29 is 33.8 Å². The van der Waals surface area contributed by atoms with Crippen molar-refractivity contribution in [2.45, 2.75) is 31.5 Å². The molecule has 22 heavy (non-hydrogen) atoms. The number of hydrogen-bond acceptors (Lipinski definition) is 8. The lowest BCUT2D eigenvalue weighted by Crippen LogP contribution is -2.36. The third-order valence-corrected chi connectivity index (χ3v) is 3.68. The van der Waals surface area contributed by atoms with Gasteiger partial charge in [-0.2, -0.15) is 4.98 Å². The average Bonchev–Trinajstić information content (AvgIpc) is 2.68. The number of nitrogens with two attached hydrogens (primary N) is 1. The first-order valence-electron chi connectivity index (χ1n) is 6.17. The van der Waals surface area contributed by atoms with Crippen molar-refractivity contribution in [1.29, 1.82) is 0 Å². The molecule has 0 saturated carbocycles. The molecule has 1 aliphatic heterocycles. The second-order valence-electron chi connectivity index (χ2n) is 4.83. The molecule has 1 aromatic heterocycles. The first-order valence-corrected chi connectivity index (χ1v) is 7.70. The van der Waals surface area contributed by atoms with E-state index in [9.17, 15) is 19.6 Å². The third kappa shape index (κ3) is 3.52. The summed E-state index contributed by atoms with van der Waals surface area (Å²) in [5, 5.41) is 19.8. The van der Waals surface area contributed by atoms with Gasteiger partial charge in [-0.3, -0.25) is 9.09 Å². The van der Waals surface area contributed by atoms with E-state index in [2.05, 4.69) is 9.51 Å². The van der Waals surface area contributed by atoms with Gasteiger partial charge in [-0.15, -0.1) is 0 Å². The van der Waals surface area contributed by atoms with E-state index in [-0.39, 0.29) is 5.82 Å². The highest BCUT2D eigenvalue weighted by atomic mass is 31.2. The van der Waals surface area contributed by atoms with Gasteiger partial charge in [0, 0.05) is 11.8 Å². The summed E-state index contributed by atoms with van der Waals surface area (Å²) in [6, 6.07) is 0. The number of rotatable bonds is 4. The minimum atomic E-state index is -4.75. The normalized spacial score (nSPS) is 29.0. The quantitative estimate of drug-likeness (QED) is 0.381. The van der Waals surface area contributed by atoms with Crippen LogP contribution < -0.4 is 11.4 Å². The SMILES string of the molecule is Cc1cn([C@@H]2O[C@H](COP(=O)(O)O)[C@H](O)[C@H]2O)c(=O)nc1N. The first kappa shape index (κ1) is 17.0. The molecule has 0 spiro atoms. The van der Waals surface area contributed by atoms with E-state index in [1.54, 1.807) is 6.92 Å². The summed E-state index contributed by atoms with van der Waals surface area (Å²) in [6.07, 6.45) is -4.21. The Morgan fingerprint density at radius 1 is 1.45 bits per heavy atom. The summed E-state index contributed by atoms with van der Waals surface area (Å²) in [7, 11) is -4.75. The molecule has 12 heteroatoms. The summed E-state index contributed by atoms with van der Waals surface area (Å²) in [6.45, 7) is 0.930. The van der Waals surface area contributed by atoms with Crippen molar-refractivity contribution in [1.82, 2.24) is 9.55 Å². The van der Waals surface area contributed by atoms with Gasteiger partial charge in [-0.25, -0.2) is 9.36 Å². The molecule has 0 amide bonds. The van der Waals surface area contributed by atoms with Gasteiger partial charge in [0.15, 0.2) is 6.23 Å². The van der Waals surface area contributed by atoms with Crippen LogP contribution in [0.5, 0.6) is 0 Å². The fraction of sp³-hybridized carbons (Fsp3) is 0.600. The lowest BCUT2D eigenvalue weighted by molar-refractivity contribution is -0.0542. The van der Waals surface area contributed by atoms with Crippen LogP contribution in [0.3, 0.4) is 0 Å². The molecule has 1 saturated heterocycles. The maximum atomic E-state index is 11.8. The number of phosphoric ester groups is 1. The highest BCUT2D eigenvalue weighted by Crippen LogP contribution is 2.38. The van der Waals surface area contributed by atoms with E-state index in [1.807, 2.05) is 0 Å². The van der Waals surface area contributed by atoms with Crippen LogP contribution in [0.25, 0.3) is 0 Å². The van der Waals surface area contributed by atoms with Crippen LogP contribution in [0.1, 0.15) is 11.8 Å².